The quantitative estimate of drug-likeness (QED) is 0.749. The van der Waals surface area contributed by atoms with Crippen LogP contribution in [0.5, 0.6) is 0 Å². The van der Waals surface area contributed by atoms with E-state index >= 15 is 0 Å². The highest BCUT2D eigenvalue weighted by Crippen LogP contribution is 2.21. The van der Waals surface area contributed by atoms with Crippen LogP contribution in [0, 0.1) is 6.92 Å². The topological polar surface area (TPSA) is 20.2 Å². The molecule has 84 valence electrons. The van der Waals surface area contributed by atoms with Crippen molar-refractivity contribution < 1.29 is 5.11 Å². The summed E-state index contributed by atoms with van der Waals surface area (Å²) in [5.74, 6) is 2.60. The lowest BCUT2D eigenvalue weighted by Crippen LogP contribution is -2.05. The fourth-order valence-corrected chi connectivity index (χ4v) is 2.31. The Bertz CT molecular complexity index is 268. The molecule has 0 bridgehead atoms. The van der Waals surface area contributed by atoms with Gasteiger partial charge in [-0.15, -0.1) is 0 Å². The number of aliphatic hydroxyl groups excluding tert-OH is 1. The van der Waals surface area contributed by atoms with E-state index in [2.05, 4.69) is 38.1 Å². The Morgan fingerprint density at radius 1 is 1.27 bits per heavy atom. The van der Waals surface area contributed by atoms with Crippen molar-refractivity contribution in [2.24, 2.45) is 0 Å². The van der Waals surface area contributed by atoms with E-state index in [4.69, 9.17) is 0 Å². The smallest absolute Gasteiger partial charge is 0.0500 e. The van der Waals surface area contributed by atoms with Gasteiger partial charge >= 0.3 is 0 Å². The highest BCUT2D eigenvalue weighted by Gasteiger charge is 2.09. The summed E-state index contributed by atoms with van der Waals surface area (Å²) < 4.78 is 0. The fourth-order valence-electron chi connectivity index (χ4n) is 1.57. The van der Waals surface area contributed by atoms with Gasteiger partial charge in [-0.1, -0.05) is 36.8 Å². The van der Waals surface area contributed by atoms with Gasteiger partial charge in [-0.2, -0.15) is 11.8 Å². The van der Waals surface area contributed by atoms with E-state index in [0.29, 0.717) is 5.92 Å². The van der Waals surface area contributed by atoms with E-state index in [1.54, 1.807) is 0 Å². The summed E-state index contributed by atoms with van der Waals surface area (Å²) in [6, 6.07) is 8.50. The molecule has 1 unspecified atom stereocenters. The number of hydrogen-bond donors (Lipinski definition) is 1. The van der Waals surface area contributed by atoms with Gasteiger partial charge in [-0.05, 0) is 30.4 Å². The first kappa shape index (κ1) is 12.6. The van der Waals surface area contributed by atoms with Crippen LogP contribution in [0.1, 0.15) is 30.4 Å². The predicted molar refractivity (Wildman–Crippen MR) is 68.6 cm³/mol. The minimum absolute atomic E-state index is 0.257. The largest absolute Gasteiger partial charge is 0.396 e. The van der Waals surface area contributed by atoms with E-state index in [9.17, 15) is 5.11 Å². The summed E-state index contributed by atoms with van der Waals surface area (Å²) >= 11 is 1.94. The van der Waals surface area contributed by atoms with Crippen molar-refractivity contribution in [3.05, 3.63) is 35.4 Å². The summed E-state index contributed by atoms with van der Waals surface area (Å²) in [7, 11) is 0. The first-order chi connectivity index (χ1) is 7.27. The van der Waals surface area contributed by atoms with Gasteiger partial charge < -0.3 is 5.11 Å². The average molecular weight is 224 g/mol. The van der Waals surface area contributed by atoms with E-state index in [1.165, 1.54) is 11.1 Å². The summed E-state index contributed by atoms with van der Waals surface area (Å²) in [4.78, 5) is 0. The lowest BCUT2D eigenvalue weighted by molar-refractivity contribution is 0.263. The number of aliphatic hydroxyl groups is 1. The van der Waals surface area contributed by atoms with Crippen molar-refractivity contribution in [1.29, 1.82) is 0 Å². The Labute approximate surface area is 96.9 Å². The number of thioether (sulfide) groups is 1. The Morgan fingerprint density at radius 3 is 2.47 bits per heavy atom. The van der Waals surface area contributed by atoms with E-state index in [0.717, 1.165) is 17.9 Å². The molecule has 0 spiro atoms. The van der Waals surface area contributed by atoms with Gasteiger partial charge in [0.1, 0.15) is 0 Å². The van der Waals surface area contributed by atoms with Gasteiger partial charge in [-0.3, -0.25) is 0 Å². The molecule has 0 aliphatic rings. The van der Waals surface area contributed by atoms with E-state index in [-0.39, 0.29) is 6.61 Å². The van der Waals surface area contributed by atoms with Crippen molar-refractivity contribution in [3.8, 4) is 0 Å². The number of benzene rings is 1. The second-order valence-electron chi connectivity index (χ2n) is 3.78. The third kappa shape index (κ3) is 4.27. The minimum Gasteiger partial charge on any atom is -0.396 e. The molecule has 0 saturated carbocycles. The molecule has 1 nitrogen and oxygen atoms in total. The van der Waals surface area contributed by atoms with Crippen LogP contribution in [-0.4, -0.2) is 23.2 Å². The lowest BCUT2D eigenvalue weighted by atomic mass is 9.97. The zero-order valence-corrected chi connectivity index (χ0v) is 10.4. The number of aryl methyl sites for hydroxylation is 1. The Hall–Kier alpha value is -0.470. The maximum atomic E-state index is 9.34. The Kier molecular flexibility index (Phi) is 5.81. The maximum Gasteiger partial charge on any atom is 0.0500 e. The molecule has 0 saturated heterocycles. The lowest BCUT2D eigenvalue weighted by Gasteiger charge is -2.14. The number of hydrogen-bond acceptors (Lipinski definition) is 2. The van der Waals surface area contributed by atoms with Crippen LogP contribution in [0.2, 0.25) is 0 Å². The van der Waals surface area contributed by atoms with Crippen LogP contribution in [0.4, 0.5) is 0 Å². The Morgan fingerprint density at radius 2 is 1.93 bits per heavy atom. The van der Waals surface area contributed by atoms with Crippen LogP contribution < -0.4 is 0 Å². The molecule has 1 atom stereocenters. The average Bonchev–Trinajstić information content (AvgIpc) is 2.26. The van der Waals surface area contributed by atoms with Gasteiger partial charge in [0.15, 0.2) is 0 Å². The van der Waals surface area contributed by atoms with Crippen molar-refractivity contribution in [2.75, 3.05) is 18.1 Å². The molecule has 0 amide bonds. The second-order valence-corrected chi connectivity index (χ2v) is 5.17. The maximum absolute atomic E-state index is 9.34. The number of rotatable bonds is 6. The molecular formula is C13H20OS. The molecule has 0 heterocycles. The van der Waals surface area contributed by atoms with Gasteiger partial charge in [0.05, 0.1) is 0 Å². The van der Waals surface area contributed by atoms with Gasteiger partial charge in [0.2, 0.25) is 0 Å². The zero-order chi connectivity index (χ0) is 11.1. The van der Waals surface area contributed by atoms with Crippen molar-refractivity contribution >= 4 is 11.8 Å². The van der Waals surface area contributed by atoms with Crippen molar-refractivity contribution in [1.82, 2.24) is 0 Å². The second kappa shape index (κ2) is 6.91. The van der Waals surface area contributed by atoms with Crippen molar-refractivity contribution in [3.63, 3.8) is 0 Å². The standard InChI is InChI=1S/C13H20OS/c1-3-15-9-8-13(10-14)12-6-4-11(2)5-7-12/h4-7,13-14H,3,8-10H2,1-2H3. The molecule has 1 aromatic rings. The van der Waals surface area contributed by atoms with Crippen LogP contribution in [-0.2, 0) is 0 Å². The van der Waals surface area contributed by atoms with Gasteiger partial charge in [-0.25, -0.2) is 0 Å². The summed E-state index contributed by atoms with van der Waals surface area (Å²) in [5.41, 5.74) is 2.54. The monoisotopic (exact) mass is 224 g/mol. The molecule has 0 fully saturated rings. The van der Waals surface area contributed by atoms with Gasteiger partial charge in [0.25, 0.3) is 0 Å². The zero-order valence-electron chi connectivity index (χ0n) is 9.57. The predicted octanol–water partition coefficient (Wildman–Crippen LogP) is 3.21. The molecule has 1 aromatic carbocycles. The molecule has 0 aromatic heterocycles. The van der Waals surface area contributed by atoms with Crippen LogP contribution >= 0.6 is 11.8 Å². The van der Waals surface area contributed by atoms with Gasteiger partial charge in [0, 0.05) is 12.5 Å². The summed E-state index contributed by atoms with van der Waals surface area (Å²) in [5, 5.41) is 9.34. The van der Waals surface area contributed by atoms with Crippen LogP contribution in [0.3, 0.4) is 0 Å². The molecular weight excluding hydrogens is 204 g/mol. The summed E-state index contributed by atoms with van der Waals surface area (Å²) in [6.45, 7) is 4.52. The fraction of sp³-hybridized carbons (Fsp3) is 0.538. The normalized spacial score (nSPS) is 12.7. The molecule has 2 heteroatoms. The van der Waals surface area contributed by atoms with Crippen molar-refractivity contribution in [2.45, 2.75) is 26.2 Å². The molecule has 0 aliphatic carbocycles. The highest BCUT2D eigenvalue weighted by atomic mass is 32.2. The first-order valence-corrected chi connectivity index (χ1v) is 6.68. The van der Waals surface area contributed by atoms with Crippen LogP contribution in [0.25, 0.3) is 0 Å². The van der Waals surface area contributed by atoms with Crippen LogP contribution in [0.15, 0.2) is 24.3 Å². The Balaban J connectivity index is 2.53. The first-order valence-electron chi connectivity index (χ1n) is 5.53. The molecule has 1 rings (SSSR count). The van der Waals surface area contributed by atoms with E-state index < -0.39 is 0 Å². The summed E-state index contributed by atoms with van der Waals surface area (Å²) in [6.07, 6.45) is 1.07. The third-order valence-electron chi connectivity index (χ3n) is 2.58. The molecule has 1 N–H and O–H groups in total. The minimum atomic E-state index is 0.257. The van der Waals surface area contributed by atoms with E-state index in [1.807, 2.05) is 11.8 Å². The highest BCUT2D eigenvalue weighted by molar-refractivity contribution is 7.99. The third-order valence-corrected chi connectivity index (χ3v) is 3.52. The molecule has 15 heavy (non-hydrogen) atoms. The SMILES string of the molecule is CCSCCC(CO)c1ccc(C)cc1. The molecule has 0 aliphatic heterocycles. The molecule has 0 radical (unpaired) electrons.